The van der Waals surface area contributed by atoms with Crippen LogP contribution in [-0.2, 0) is 9.53 Å². The van der Waals surface area contributed by atoms with Gasteiger partial charge in [0.2, 0.25) is 5.91 Å². The van der Waals surface area contributed by atoms with Gasteiger partial charge in [0.05, 0.1) is 19.3 Å². The number of amides is 1. The van der Waals surface area contributed by atoms with Crippen LogP contribution in [0.1, 0.15) is 38.8 Å². The smallest absolute Gasteiger partial charge is 0.222 e. The lowest BCUT2D eigenvalue weighted by Crippen LogP contribution is -2.46. The summed E-state index contributed by atoms with van der Waals surface area (Å²) in [4.78, 5) is 12.3. The summed E-state index contributed by atoms with van der Waals surface area (Å²) < 4.78 is 32.6. The Morgan fingerprint density at radius 2 is 2.12 bits per heavy atom. The molecule has 1 fully saturated rings. The van der Waals surface area contributed by atoms with E-state index in [9.17, 15) is 13.6 Å². The second-order valence-electron chi connectivity index (χ2n) is 6.96. The predicted molar refractivity (Wildman–Crippen MR) is 91.2 cm³/mol. The third kappa shape index (κ3) is 5.69. The van der Waals surface area contributed by atoms with E-state index in [1.807, 2.05) is 20.8 Å². The van der Waals surface area contributed by atoms with E-state index in [0.29, 0.717) is 25.3 Å². The van der Waals surface area contributed by atoms with Gasteiger partial charge in [-0.2, -0.15) is 0 Å². The van der Waals surface area contributed by atoms with Gasteiger partial charge in [0.15, 0.2) is 0 Å². The molecule has 1 saturated heterocycles. The maximum Gasteiger partial charge on any atom is 0.222 e. The molecule has 136 valence electrons. The normalized spacial score (nSPS) is 19.3. The molecule has 24 heavy (non-hydrogen) atoms. The van der Waals surface area contributed by atoms with Crippen LogP contribution in [0.15, 0.2) is 18.2 Å². The van der Waals surface area contributed by atoms with Gasteiger partial charge in [-0.3, -0.25) is 4.79 Å². The van der Waals surface area contributed by atoms with E-state index < -0.39 is 23.1 Å². The lowest BCUT2D eigenvalue weighted by Gasteiger charge is -2.33. The van der Waals surface area contributed by atoms with E-state index in [1.165, 1.54) is 12.1 Å². The molecule has 7 heteroatoms. The number of ether oxygens (including phenoxy) is 1. The minimum absolute atomic E-state index is 0. The van der Waals surface area contributed by atoms with Crippen molar-refractivity contribution in [3.8, 4) is 0 Å². The number of benzene rings is 1. The molecule has 1 aromatic rings. The Bertz CT molecular complexity index is 558. The summed E-state index contributed by atoms with van der Waals surface area (Å²) in [6, 6.07) is 2.86. The Labute approximate surface area is 147 Å². The minimum Gasteiger partial charge on any atom is -0.378 e. The number of hydrogen-bond donors (Lipinski definition) is 2. The van der Waals surface area contributed by atoms with Crippen LogP contribution in [0.4, 0.5) is 8.78 Å². The topological polar surface area (TPSA) is 50.4 Å². The SMILES string of the molecule is CC(C)(C)C(NC(=O)CC1COCCN1)c1ccc(F)cc1F.Cl. The van der Waals surface area contributed by atoms with E-state index in [-0.39, 0.29) is 30.8 Å². The Kier molecular flexibility index (Phi) is 7.57. The lowest BCUT2D eigenvalue weighted by atomic mass is 9.82. The third-order valence-corrected chi connectivity index (χ3v) is 3.88. The van der Waals surface area contributed by atoms with Crippen molar-refractivity contribution >= 4 is 18.3 Å². The number of hydrogen-bond acceptors (Lipinski definition) is 3. The van der Waals surface area contributed by atoms with Crippen LogP contribution in [0.3, 0.4) is 0 Å². The van der Waals surface area contributed by atoms with Crippen LogP contribution in [0, 0.1) is 17.0 Å². The number of nitrogens with one attached hydrogen (secondary N) is 2. The van der Waals surface area contributed by atoms with E-state index >= 15 is 0 Å². The summed E-state index contributed by atoms with van der Waals surface area (Å²) in [5.74, 6) is -1.46. The molecule has 0 saturated carbocycles. The zero-order chi connectivity index (χ0) is 17.0. The molecule has 2 N–H and O–H groups in total. The second kappa shape index (κ2) is 8.74. The first kappa shape index (κ1) is 20.8. The van der Waals surface area contributed by atoms with Crippen LogP contribution < -0.4 is 10.6 Å². The van der Waals surface area contributed by atoms with E-state index in [1.54, 1.807) is 0 Å². The Morgan fingerprint density at radius 3 is 2.67 bits per heavy atom. The first-order valence-electron chi connectivity index (χ1n) is 7.83. The van der Waals surface area contributed by atoms with Gasteiger partial charge in [0.1, 0.15) is 11.6 Å². The van der Waals surface area contributed by atoms with Crippen molar-refractivity contribution in [1.82, 2.24) is 10.6 Å². The highest BCUT2D eigenvalue weighted by Crippen LogP contribution is 2.34. The average molecular weight is 363 g/mol. The van der Waals surface area contributed by atoms with Crippen molar-refractivity contribution < 1.29 is 18.3 Å². The quantitative estimate of drug-likeness (QED) is 0.865. The summed E-state index contributed by atoms with van der Waals surface area (Å²) in [5.41, 5.74) is -0.120. The molecule has 2 rings (SSSR count). The summed E-state index contributed by atoms with van der Waals surface area (Å²) >= 11 is 0. The third-order valence-electron chi connectivity index (χ3n) is 3.88. The van der Waals surface area contributed by atoms with Crippen LogP contribution in [0.5, 0.6) is 0 Å². The maximum atomic E-state index is 14.1. The fraction of sp³-hybridized carbons (Fsp3) is 0.588. The van der Waals surface area contributed by atoms with Crippen molar-refractivity contribution in [2.75, 3.05) is 19.8 Å². The number of morpholine rings is 1. The highest BCUT2D eigenvalue weighted by Gasteiger charge is 2.31. The zero-order valence-electron chi connectivity index (χ0n) is 14.2. The molecule has 1 aliphatic heterocycles. The fourth-order valence-corrected chi connectivity index (χ4v) is 2.69. The number of carbonyl (C=O) groups is 1. The van der Waals surface area contributed by atoms with Crippen LogP contribution in [0.2, 0.25) is 0 Å². The van der Waals surface area contributed by atoms with Crippen molar-refractivity contribution in [3.05, 3.63) is 35.4 Å². The molecule has 0 spiro atoms. The van der Waals surface area contributed by atoms with Gasteiger partial charge in [-0.15, -0.1) is 12.4 Å². The molecule has 0 bridgehead atoms. The van der Waals surface area contributed by atoms with E-state index in [0.717, 1.165) is 6.07 Å². The molecule has 1 heterocycles. The summed E-state index contributed by atoms with van der Waals surface area (Å²) in [7, 11) is 0. The first-order chi connectivity index (χ1) is 10.8. The van der Waals surface area contributed by atoms with Gasteiger partial charge in [-0.25, -0.2) is 8.78 Å². The summed E-state index contributed by atoms with van der Waals surface area (Å²) in [6.45, 7) is 7.56. The number of rotatable bonds is 4. The number of halogens is 3. The van der Waals surface area contributed by atoms with E-state index in [2.05, 4.69) is 10.6 Å². The van der Waals surface area contributed by atoms with Crippen LogP contribution in [0.25, 0.3) is 0 Å². The molecule has 2 unspecified atom stereocenters. The fourth-order valence-electron chi connectivity index (χ4n) is 2.69. The van der Waals surface area contributed by atoms with Gasteiger partial charge in [-0.1, -0.05) is 26.8 Å². The predicted octanol–water partition coefficient (Wildman–Crippen LogP) is 2.97. The maximum absolute atomic E-state index is 14.1. The van der Waals surface area contributed by atoms with Crippen LogP contribution >= 0.6 is 12.4 Å². The Balaban J connectivity index is 0.00000288. The number of carbonyl (C=O) groups excluding carboxylic acids is 1. The van der Waals surface area contributed by atoms with Gasteiger partial charge >= 0.3 is 0 Å². The van der Waals surface area contributed by atoms with E-state index in [4.69, 9.17) is 4.74 Å². The van der Waals surface area contributed by atoms with Gasteiger partial charge in [0, 0.05) is 30.6 Å². The highest BCUT2D eigenvalue weighted by molar-refractivity contribution is 5.85. The zero-order valence-corrected chi connectivity index (χ0v) is 15.0. The highest BCUT2D eigenvalue weighted by atomic mass is 35.5. The molecule has 0 aromatic heterocycles. The largest absolute Gasteiger partial charge is 0.378 e. The van der Waals surface area contributed by atoms with Gasteiger partial charge in [-0.05, 0) is 11.5 Å². The van der Waals surface area contributed by atoms with Gasteiger partial charge < -0.3 is 15.4 Å². The molecule has 0 radical (unpaired) electrons. The molecular formula is C17H25ClF2N2O2. The van der Waals surface area contributed by atoms with Crippen molar-refractivity contribution in [3.63, 3.8) is 0 Å². The van der Waals surface area contributed by atoms with Crippen LogP contribution in [-0.4, -0.2) is 31.7 Å². The molecular weight excluding hydrogens is 338 g/mol. The molecule has 2 atom stereocenters. The molecule has 1 aromatic carbocycles. The molecule has 0 aliphatic carbocycles. The van der Waals surface area contributed by atoms with Crippen molar-refractivity contribution in [1.29, 1.82) is 0 Å². The van der Waals surface area contributed by atoms with Crippen molar-refractivity contribution in [2.24, 2.45) is 5.41 Å². The molecule has 1 aliphatic rings. The molecule has 4 nitrogen and oxygen atoms in total. The van der Waals surface area contributed by atoms with Crippen molar-refractivity contribution in [2.45, 2.75) is 39.3 Å². The Morgan fingerprint density at radius 1 is 1.42 bits per heavy atom. The minimum atomic E-state index is -0.649. The second-order valence-corrected chi connectivity index (χ2v) is 6.96. The standard InChI is InChI=1S/C17H24F2N2O2.ClH/c1-17(2,3)16(13-5-4-11(18)8-14(13)19)21-15(22)9-12-10-23-7-6-20-12;/h4-5,8,12,16,20H,6-7,9-10H2,1-3H3,(H,21,22);1H. The lowest BCUT2D eigenvalue weighted by molar-refractivity contribution is -0.123. The monoisotopic (exact) mass is 362 g/mol. The first-order valence-corrected chi connectivity index (χ1v) is 7.83. The Hall–Kier alpha value is -1.24. The summed E-state index contributed by atoms with van der Waals surface area (Å²) in [6.07, 6.45) is 0.259. The molecule has 1 amide bonds. The summed E-state index contributed by atoms with van der Waals surface area (Å²) in [5, 5.41) is 6.10. The average Bonchev–Trinajstić information content (AvgIpc) is 2.45. The van der Waals surface area contributed by atoms with Gasteiger partial charge in [0.25, 0.3) is 0 Å².